The Labute approximate surface area is 223 Å². The van der Waals surface area contributed by atoms with Gasteiger partial charge in [-0.2, -0.15) is 0 Å². The molecule has 184 valence electrons. The number of imide groups is 2. The Balaban J connectivity index is 1.39. The molecule has 5 rings (SSSR count). The smallest absolute Gasteiger partial charge is 0.335 e. The first kappa shape index (κ1) is 24.6. The number of rotatable bonds is 5. The fourth-order valence-corrected chi connectivity index (χ4v) is 4.61. The fraction of sp³-hybridized carbons (Fsp3) is 0.0690. The third kappa shape index (κ3) is 4.94. The third-order valence-corrected chi connectivity index (χ3v) is 6.61. The molecule has 1 aliphatic rings. The quantitative estimate of drug-likeness (QED) is 0.230. The molecule has 1 fully saturated rings. The number of anilines is 1. The van der Waals surface area contributed by atoms with Gasteiger partial charge in [-0.3, -0.25) is 14.9 Å². The average molecular weight is 531 g/mol. The number of halogens is 2. The number of nitrogens with one attached hydrogen (secondary N) is 1. The SMILES string of the molecule is Cc1ccc2ccccc2c1COc1ccc(/C=C2\C(=O)NC(=O)N(c3cccc(Cl)c3)C2=O)cc1Cl. The highest BCUT2D eigenvalue weighted by Crippen LogP contribution is 2.30. The predicted molar refractivity (Wildman–Crippen MR) is 145 cm³/mol. The summed E-state index contributed by atoms with van der Waals surface area (Å²) in [5.41, 5.74) is 2.71. The molecule has 6 nitrogen and oxygen atoms in total. The summed E-state index contributed by atoms with van der Waals surface area (Å²) in [5.74, 6) is -1.10. The molecule has 0 bridgehead atoms. The van der Waals surface area contributed by atoms with Crippen molar-refractivity contribution in [3.8, 4) is 5.75 Å². The van der Waals surface area contributed by atoms with E-state index in [4.69, 9.17) is 27.9 Å². The Morgan fingerprint density at radius 1 is 0.919 bits per heavy atom. The van der Waals surface area contributed by atoms with Crippen LogP contribution in [0.3, 0.4) is 0 Å². The Morgan fingerprint density at radius 2 is 1.73 bits per heavy atom. The maximum absolute atomic E-state index is 13.1. The van der Waals surface area contributed by atoms with E-state index >= 15 is 0 Å². The lowest BCUT2D eigenvalue weighted by molar-refractivity contribution is -0.122. The Kier molecular flexibility index (Phi) is 6.70. The second-order valence-corrected chi connectivity index (χ2v) is 9.34. The number of hydrogen-bond acceptors (Lipinski definition) is 4. The first-order chi connectivity index (χ1) is 17.8. The topological polar surface area (TPSA) is 75.7 Å². The van der Waals surface area contributed by atoms with Crippen molar-refractivity contribution in [1.82, 2.24) is 5.32 Å². The van der Waals surface area contributed by atoms with Crippen LogP contribution in [-0.2, 0) is 16.2 Å². The van der Waals surface area contributed by atoms with Crippen molar-refractivity contribution < 1.29 is 19.1 Å². The van der Waals surface area contributed by atoms with E-state index in [0.29, 0.717) is 28.0 Å². The predicted octanol–water partition coefficient (Wildman–Crippen LogP) is 6.70. The minimum Gasteiger partial charge on any atom is -0.487 e. The molecule has 1 heterocycles. The number of amides is 4. The zero-order valence-corrected chi connectivity index (χ0v) is 21.1. The summed E-state index contributed by atoms with van der Waals surface area (Å²) in [6, 6.07) is 22.6. The summed E-state index contributed by atoms with van der Waals surface area (Å²) in [7, 11) is 0. The Bertz CT molecular complexity index is 1610. The lowest BCUT2D eigenvalue weighted by Crippen LogP contribution is -2.54. The van der Waals surface area contributed by atoms with Crippen LogP contribution in [0.2, 0.25) is 10.0 Å². The fourth-order valence-electron chi connectivity index (χ4n) is 4.18. The van der Waals surface area contributed by atoms with Gasteiger partial charge in [-0.25, -0.2) is 9.69 Å². The maximum atomic E-state index is 13.1. The van der Waals surface area contributed by atoms with Crippen LogP contribution in [-0.4, -0.2) is 17.8 Å². The van der Waals surface area contributed by atoms with Gasteiger partial charge in [0, 0.05) is 10.6 Å². The second-order valence-electron chi connectivity index (χ2n) is 8.50. The van der Waals surface area contributed by atoms with Crippen LogP contribution in [0.15, 0.2) is 84.4 Å². The molecule has 1 saturated heterocycles. The molecule has 0 saturated carbocycles. The zero-order valence-electron chi connectivity index (χ0n) is 19.6. The van der Waals surface area contributed by atoms with E-state index in [-0.39, 0.29) is 11.3 Å². The Morgan fingerprint density at radius 3 is 2.51 bits per heavy atom. The van der Waals surface area contributed by atoms with Gasteiger partial charge in [-0.15, -0.1) is 0 Å². The van der Waals surface area contributed by atoms with Crippen LogP contribution in [0.4, 0.5) is 10.5 Å². The molecule has 8 heteroatoms. The number of ether oxygens (including phenoxy) is 1. The summed E-state index contributed by atoms with van der Waals surface area (Å²) in [5, 5.41) is 5.09. The van der Waals surface area contributed by atoms with Crippen LogP contribution >= 0.6 is 23.2 Å². The van der Waals surface area contributed by atoms with Crippen molar-refractivity contribution in [2.75, 3.05) is 4.90 Å². The van der Waals surface area contributed by atoms with E-state index in [1.807, 2.05) is 19.1 Å². The first-order valence-electron chi connectivity index (χ1n) is 11.4. The van der Waals surface area contributed by atoms with E-state index in [2.05, 4.69) is 29.6 Å². The zero-order chi connectivity index (χ0) is 26.1. The monoisotopic (exact) mass is 530 g/mol. The van der Waals surface area contributed by atoms with Gasteiger partial charge in [0.05, 0.1) is 10.7 Å². The number of fused-ring (bicyclic) bond motifs is 1. The molecule has 0 radical (unpaired) electrons. The molecule has 0 unspecified atom stereocenters. The standard InChI is InChI=1S/C29H20Cl2N2O4/c1-17-9-11-19-5-2-3-8-22(19)24(17)16-37-26-12-10-18(14-25(26)31)13-23-27(34)32-29(36)33(28(23)35)21-7-4-6-20(30)15-21/h2-15H,16H2,1H3,(H,32,34,36)/b23-13+. The summed E-state index contributed by atoms with van der Waals surface area (Å²) < 4.78 is 6.03. The molecule has 4 amide bonds. The molecule has 37 heavy (non-hydrogen) atoms. The lowest BCUT2D eigenvalue weighted by Gasteiger charge is -2.26. The molecule has 0 atom stereocenters. The number of benzene rings is 4. The van der Waals surface area contributed by atoms with E-state index < -0.39 is 17.8 Å². The number of aryl methyl sites for hydroxylation is 1. The Hall–Kier alpha value is -4.13. The summed E-state index contributed by atoms with van der Waals surface area (Å²) >= 11 is 12.5. The van der Waals surface area contributed by atoms with Gasteiger partial charge in [0.25, 0.3) is 11.8 Å². The van der Waals surface area contributed by atoms with Gasteiger partial charge in [0.2, 0.25) is 0 Å². The van der Waals surface area contributed by atoms with Crippen LogP contribution in [0.1, 0.15) is 16.7 Å². The number of carbonyl (C=O) groups excluding carboxylic acids is 3. The van der Waals surface area contributed by atoms with Gasteiger partial charge in [0.15, 0.2) is 0 Å². The van der Waals surface area contributed by atoms with Gasteiger partial charge in [-0.1, -0.05) is 71.7 Å². The van der Waals surface area contributed by atoms with Crippen molar-refractivity contribution in [2.45, 2.75) is 13.5 Å². The van der Waals surface area contributed by atoms with Gasteiger partial charge < -0.3 is 4.74 Å². The number of carbonyl (C=O) groups is 3. The molecule has 0 spiro atoms. The average Bonchev–Trinajstić information content (AvgIpc) is 2.87. The van der Waals surface area contributed by atoms with E-state index in [0.717, 1.165) is 26.8 Å². The minimum atomic E-state index is -0.847. The second kappa shape index (κ2) is 10.1. The largest absolute Gasteiger partial charge is 0.487 e. The minimum absolute atomic E-state index is 0.212. The summed E-state index contributed by atoms with van der Waals surface area (Å²) in [6.07, 6.45) is 1.38. The lowest BCUT2D eigenvalue weighted by atomic mass is 10.0. The van der Waals surface area contributed by atoms with Crippen molar-refractivity contribution in [2.24, 2.45) is 0 Å². The van der Waals surface area contributed by atoms with Crippen LogP contribution in [0.25, 0.3) is 16.8 Å². The number of barbiturate groups is 1. The number of nitrogens with zero attached hydrogens (tertiary/aromatic N) is 1. The molecule has 1 N–H and O–H groups in total. The van der Waals surface area contributed by atoms with Crippen molar-refractivity contribution >= 4 is 63.6 Å². The van der Waals surface area contributed by atoms with E-state index in [1.54, 1.807) is 36.4 Å². The van der Waals surface area contributed by atoms with Crippen LogP contribution < -0.4 is 15.0 Å². The molecule has 0 aliphatic carbocycles. The molecular weight excluding hydrogens is 511 g/mol. The van der Waals surface area contributed by atoms with E-state index in [1.165, 1.54) is 12.1 Å². The highest BCUT2D eigenvalue weighted by Gasteiger charge is 2.36. The molecular formula is C29H20Cl2N2O4. The van der Waals surface area contributed by atoms with Gasteiger partial charge in [0.1, 0.15) is 17.9 Å². The number of hydrogen-bond donors (Lipinski definition) is 1. The molecule has 4 aromatic rings. The molecule has 0 aromatic heterocycles. The molecule has 1 aliphatic heterocycles. The normalized spacial score (nSPS) is 14.8. The number of urea groups is 1. The summed E-state index contributed by atoms with van der Waals surface area (Å²) in [6.45, 7) is 2.36. The third-order valence-electron chi connectivity index (χ3n) is 6.08. The highest BCUT2D eigenvalue weighted by atomic mass is 35.5. The molecule has 4 aromatic carbocycles. The van der Waals surface area contributed by atoms with Crippen molar-refractivity contribution in [1.29, 1.82) is 0 Å². The van der Waals surface area contributed by atoms with Crippen molar-refractivity contribution in [3.05, 3.63) is 111 Å². The van der Waals surface area contributed by atoms with E-state index in [9.17, 15) is 14.4 Å². The van der Waals surface area contributed by atoms with Gasteiger partial charge >= 0.3 is 6.03 Å². The summed E-state index contributed by atoms with van der Waals surface area (Å²) in [4.78, 5) is 38.8. The first-order valence-corrected chi connectivity index (χ1v) is 12.1. The maximum Gasteiger partial charge on any atom is 0.335 e. The van der Waals surface area contributed by atoms with Crippen molar-refractivity contribution in [3.63, 3.8) is 0 Å². The van der Waals surface area contributed by atoms with Crippen LogP contribution in [0, 0.1) is 6.92 Å². The van der Waals surface area contributed by atoms with Gasteiger partial charge in [-0.05, 0) is 65.2 Å². The highest BCUT2D eigenvalue weighted by molar-refractivity contribution is 6.39. The van der Waals surface area contributed by atoms with Crippen LogP contribution in [0.5, 0.6) is 5.75 Å².